The molecule has 1 aromatic carbocycles. The van der Waals surface area contributed by atoms with Gasteiger partial charge in [-0.15, -0.1) is 0 Å². The van der Waals surface area contributed by atoms with E-state index in [4.69, 9.17) is 0 Å². The highest BCUT2D eigenvalue weighted by molar-refractivity contribution is 5.92. The summed E-state index contributed by atoms with van der Waals surface area (Å²) in [4.78, 5) is 29.3. The number of carbonyl (C=O) groups is 1. The molecule has 6 nitrogen and oxygen atoms in total. The summed E-state index contributed by atoms with van der Waals surface area (Å²) < 4.78 is 15.2. The van der Waals surface area contributed by atoms with Crippen molar-refractivity contribution in [1.82, 2.24) is 15.2 Å². The molecule has 0 saturated heterocycles. The first kappa shape index (κ1) is 21.7. The molecule has 0 radical (unpaired) electrons. The molecule has 2 aliphatic heterocycles. The molecule has 1 aromatic heterocycles. The lowest BCUT2D eigenvalue weighted by Crippen LogP contribution is -2.28. The van der Waals surface area contributed by atoms with Gasteiger partial charge in [-0.2, -0.15) is 0 Å². The zero-order chi connectivity index (χ0) is 22.7. The van der Waals surface area contributed by atoms with Gasteiger partial charge in [0.05, 0.1) is 5.69 Å². The number of anilines is 1. The van der Waals surface area contributed by atoms with Crippen LogP contribution >= 0.6 is 0 Å². The van der Waals surface area contributed by atoms with Gasteiger partial charge in [-0.1, -0.05) is 31.2 Å². The van der Waals surface area contributed by atoms with Crippen molar-refractivity contribution in [1.29, 1.82) is 0 Å². The van der Waals surface area contributed by atoms with E-state index in [0.29, 0.717) is 42.2 Å². The predicted octanol–water partition coefficient (Wildman–Crippen LogP) is 3.80. The summed E-state index contributed by atoms with van der Waals surface area (Å²) in [7, 11) is 1.58. The maximum atomic E-state index is 15.2. The Balaban J connectivity index is 1.47. The number of fused-ring (bicyclic) bond motifs is 1. The third kappa shape index (κ3) is 4.26. The molecule has 0 bridgehead atoms. The van der Waals surface area contributed by atoms with E-state index in [1.165, 1.54) is 5.57 Å². The molecule has 0 aliphatic carbocycles. The smallest absolute Gasteiger partial charge is 0.269 e. The van der Waals surface area contributed by atoms with E-state index < -0.39 is 0 Å². The first-order chi connectivity index (χ1) is 15.5. The Bertz CT molecular complexity index is 1160. The molecule has 32 heavy (non-hydrogen) atoms. The Hall–Kier alpha value is -3.54. The van der Waals surface area contributed by atoms with E-state index in [2.05, 4.69) is 26.6 Å². The van der Waals surface area contributed by atoms with Crippen LogP contribution < -0.4 is 10.6 Å². The summed E-state index contributed by atoms with van der Waals surface area (Å²) in [5.41, 5.74) is 5.35. The van der Waals surface area contributed by atoms with Gasteiger partial charge in [0, 0.05) is 44.0 Å². The number of hydrogen-bond donors (Lipinski definition) is 2. The van der Waals surface area contributed by atoms with Gasteiger partial charge < -0.3 is 10.6 Å². The zero-order valence-corrected chi connectivity index (χ0v) is 18.2. The number of carbonyl (C=O) groups excluding carboxylic acids is 2. The minimum absolute atomic E-state index is 0.209. The van der Waals surface area contributed by atoms with Crippen LogP contribution in [0.25, 0.3) is 11.6 Å². The van der Waals surface area contributed by atoms with Crippen LogP contribution in [-0.4, -0.2) is 41.9 Å². The molecule has 2 aromatic rings. The maximum Gasteiger partial charge on any atom is 0.269 e. The Morgan fingerprint density at radius 2 is 2.16 bits per heavy atom. The summed E-state index contributed by atoms with van der Waals surface area (Å²) in [5.74, 6) is 1.34. The zero-order valence-electron chi connectivity index (χ0n) is 18.2. The minimum Gasteiger partial charge on any atom is -0.354 e. The van der Waals surface area contributed by atoms with Gasteiger partial charge in [-0.3, -0.25) is 14.7 Å². The summed E-state index contributed by atoms with van der Waals surface area (Å²) in [6.45, 7) is 3.90. The van der Waals surface area contributed by atoms with Gasteiger partial charge in [-0.25, -0.2) is 9.18 Å². The molecule has 0 spiro atoms. The molecule has 0 fully saturated rings. The van der Waals surface area contributed by atoms with Gasteiger partial charge in [0.1, 0.15) is 11.4 Å². The number of pyridine rings is 1. The highest BCUT2D eigenvalue weighted by atomic mass is 19.1. The second-order valence-corrected chi connectivity index (χ2v) is 7.85. The summed E-state index contributed by atoms with van der Waals surface area (Å²) in [6.07, 6.45) is 7.17. The predicted molar refractivity (Wildman–Crippen MR) is 123 cm³/mol. The van der Waals surface area contributed by atoms with Crippen molar-refractivity contribution < 1.29 is 14.0 Å². The highest BCUT2D eigenvalue weighted by Gasteiger charge is 2.22. The second-order valence-electron chi connectivity index (χ2n) is 7.85. The third-order valence-electron chi connectivity index (χ3n) is 5.92. The summed E-state index contributed by atoms with van der Waals surface area (Å²) >= 11 is 0. The Kier molecular flexibility index (Phi) is 6.30. The van der Waals surface area contributed by atoms with Crippen molar-refractivity contribution in [3.8, 4) is 0 Å². The molecule has 3 heterocycles. The molecule has 2 aliphatic rings. The second kappa shape index (κ2) is 9.30. The average molecular weight is 432 g/mol. The number of nitrogens with zero attached hydrogens (tertiary/aromatic N) is 2. The van der Waals surface area contributed by atoms with Crippen molar-refractivity contribution >= 4 is 29.2 Å². The van der Waals surface area contributed by atoms with Crippen LogP contribution in [0, 0.1) is 5.82 Å². The van der Waals surface area contributed by atoms with E-state index in [9.17, 15) is 9.59 Å². The quantitative estimate of drug-likeness (QED) is 0.703. The highest BCUT2D eigenvalue weighted by Crippen LogP contribution is 2.34. The Morgan fingerprint density at radius 3 is 2.78 bits per heavy atom. The largest absolute Gasteiger partial charge is 0.354 e. The van der Waals surface area contributed by atoms with Crippen LogP contribution in [0.15, 0.2) is 47.8 Å². The van der Waals surface area contributed by atoms with Gasteiger partial charge in [-0.05, 0) is 41.7 Å². The van der Waals surface area contributed by atoms with Crippen molar-refractivity contribution in [3.63, 3.8) is 0 Å². The number of allylic oxidation sites excluding steroid dienone is 1. The van der Waals surface area contributed by atoms with E-state index in [1.54, 1.807) is 19.3 Å². The van der Waals surface area contributed by atoms with Crippen LogP contribution in [0.3, 0.4) is 0 Å². The molecule has 1 amide bonds. The minimum atomic E-state index is -0.328. The maximum absolute atomic E-state index is 15.2. The third-order valence-corrected chi connectivity index (χ3v) is 5.92. The van der Waals surface area contributed by atoms with Crippen molar-refractivity contribution in [3.05, 3.63) is 76.0 Å². The van der Waals surface area contributed by atoms with E-state index in [0.717, 1.165) is 29.7 Å². The fourth-order valence-corrected chi connectivity index (χ4v) is 4.04. The fraction of sp³-hybridized carbons (Fsp3) is 0.280. The lowest BCUT2D eigenvalue weighted by molar-refractivity contribution is 0.0958. The number of halogens is 1. The first-order valence-electron chi connectivity index (χ1n) is 10.7. The van der Waals surface area contributed by atoms with Crippen LogP contribution in [0.1, 0.15) is 46.9 Å². The molecule has 7 heteroatoms. The van der Waals surface area contributed by atoms with E-state index in [1.807, 2.05) is 37.1 Å². The van der Waals surface area contributed by atoms with Gasteiger partial charge in [0.15, 0.2) is 11.8 Å². The number of amides is 1. The van der Waals surface area contributed by atoms with Crippen molar-refractivity contribution in [2.24, 2.45) is 0 Å². The standard InChI is InChI=1S/C25H25FN4O2/c1-3-16-12-18-4-5-20(23(26)24(18)29-22(16)15-31)14-30-10-8-17(9-11-30)19-6-7-21(28-13-19)25(32)27-2/h4-8,12-13,29H,3,9-11,14H2,1-2H3,(H,27,32). The number of benzene rings is 1. The van der Waals surface area contributed by atoms with E-state index >= 15 is 4.39 Å². The molecule has 0 atom stereocenters. The Morgan fingerprint density at radius 1 is 1.31 bits per heavy atom. The van der Waals surface area contributed by atoms with Crippen LogP contribution in [-0.2, 0) is 11.3 Å². The summed E-state index contributed by atoms with van der Waals surface area (Å²) in [5, 5.41) is 5.48. The first-order valence-corrected chi connectivity index (χ1v) is 10.7. The molecule has 0 saturated carbocycles. The van der Waals surface area contributed by atoms with Gasteiger partial charge in [0.2, 0.25) is 0 Å². The molecule has 164 valence electrons. The van der Waals surface area contributed by atoms with Gasteiger partial charge >= 0.3 is 0 Å². The number of aromatic nitrogens is 1. The number of hydrogen-bond acceptors (Lipinski definition) is 5. The van der Waals surface area contributed by atoms with Crippen LogP contribution in [0.5, 0.6) is 0 Å². The fourth-order valence-electron chi connectivity index (χ4n) is 4.04. The Labute approximate surface area is 186 Å². The summed E-state index contributed by atoms with van der Waals surface area (Å²) in [6, 6.07) is 7.33. The lowest BCUT2D eigenvalue weighted by Gasteiger charge is -2.27. The van der Waals surface area contributed by atoms with E-state index in [-0.39, 0.29) is 11.7 Å². The monoisotopic (exact) mass is 432 g/mol. The van der Waals surface area contributed by atoms with Crippen LogP contribution in [0.2, 0.25) is 0 Å². The molecule has 4 rings (SSSR count). The van der Waals surface area contributed by atoms with Crippen molar-refractivity contribution in [2.45, 2.75) is 26.3 Å². The molecule has 0 unspecified atom stereocenters. The molecular formula is C25H25FN4O2. The number of rotatable bonds is 5. The average Bonchev–Trinajstić information content (AvgIpc) is 2.85. The molecule has 2 N–H and O–H groups in total. The SMILES string of the molecule is CCC1=Cc2ccc(CN3CC=C(c4ccc(C(=O)NC)nc4)CC3)c(F)c2NC1=C=O. The van der Waals surface area contributed by atoms with Crippen molar-refractivity contribution in [2.75, 3.05) is 25.5 Å². The number of nitrogens with one attached hydrogen (secondary N) is 2. The lowest BCUT2D eigenvalue weighted by atomic mass is 9.97. The normalized spacial score (nSPS) is 15.8. The van der Waals surface area contributed by atoms with Gasteiger partial charge in [0.25, 0.3) is 5.91 Å². The topological polar surface area (TPSA) is 74.3 Å². The van der Waals surface area contributed by atoms with Crippen LogP contribution in [0.4, 0.5) is 10.1 Å². The molecular weight excluding hydrogens is 407 g/mol.